The second-order valence-corrected chi connectivity index (χ2v) is 2.97. The van der Waals surface area contributed by atoms with Gasteiger partial charge in [-0.25, -0.2) is 0 Å². The molecule has 1 heteroatoms. The third-order valence-corrected chi connectivity index (χ3v) is 2.07. The lowest BCUT2D eigenvalue weighted by Gasteiger charge is -2.23. The van der Waals surface area contributed by atoms with Crippen molar-refractivity contribution in [1.82, 2.24) is 0 Å². The molecule has 1 fully saturated rings. The van der Waals surface area contributed by atoms with Crippen molar-refractivity contribution in [2.45, 2.75) is 32.6 Å². The van der Waals surface area contributed by atoms with Crippen LogP contribution in [-0.2, 0) is 4.79 Å². The van der Waals surface area contributed by atoms with E-state index in [1.807, 2.05) is 13.0 Å². The molecule has 0 bridgehead atoms. The van der Waals surface area contributed by atoms with E-state index in [0.29, 0.717) is 11.7 Å². The SMILES string of the molecule is CC=CC(=O)CC1CCC1. The molecule has 1 aliphatic carbocycles. The molecule has 0 saturated heterocycles. The maximum Gasteiger partial charge on any atom is 0.155 e. The van der Waals surface area contributed by atoms with Gasteiger partial charge in [0.15, 0.2) is 5.78 Å². The predicted octanol–water partition coefficient (Wildman–Crippen LogP) is 2.32. The molecule has 56 valence electrons. The molecule has 1 rings (SSSR count). The van der Waals surface area contributed by atoms with Crippen LogP contribution in [0.15, 0.2) is 12.2 Å². The Morgan fingerprint density at radius 1 is 1.60 bits per heavy atom. The lowest BCUT2D eigenvalue weighted by atomic mass is 9.82. The third kappa shape index (κ3) is 1.98. The van der Waals surface area contributed by atoms with Crippen LogP contribution in [-0.4, -0.2) is 5.78 Å². The molecule has 0 aromatic rings. The number of rotatable bonds is 3. The first-order valence-corrected chi connectivity index (χ1v) is 3.98. The van der Waals surface area contributed by atoms with E-state index in [-0.39, 0.29) is 0 Å². The minimum atomic E-state index is 0.298. The standard InChI is InChI=1S/C9H14O/c1-2-4-9(10)7-8-5-3-6-8/h2,4,8H,3,5-7H2,1H3. The Labute approximate surface area is 62.1 Å². The molecule has 1 aliphatic rings. The Kier molecular flexibility index (Phi) is 2.67. The van der Waals surface area contributed by atoms with Crippen LogP contribution in [0.4, 0.5) is 0 Å². The number of ketones is 1. The number of allylic oxidation sites excluding steroid dienone is 2. The molecule has 0 aromatic carbocycles. The number of hydrogen-bond donors (Lipinski definition) is 0. The Morgan fingerprint density at radius 2 is 2.30 bits per heavy atom. The summed E-state index contributed by atoms with van der Waals surface area (Å²) in [5.74, 6) is 1.01. The highest BCUT2D eigenvalue weighted by molar-refractivity contribution is 5.89. The summed E-state index contributed by atoms with van der Waals surface area (Å²) in [6.07, 6.45) is 8.14. The fraction of sp³-hybridized carbons (Fsp3) is 0.667. The van der Waals surface area contributed by atoms with E-state index >= 15 is 0 Å². The summed E-state index contributed by atoms with van der Waals surface area (Å²) in [6.45, 7) is 1.89. The highest BCUT2D eigenvalue weighted by Crippen LogP contribution is 2.29. The van der Waals surface area contributed by atoms with Crippen molar-refractivity contribution in [3.05, 3.63) is 12.2 Å². The van der Waals surface area contributed by atoms with Gasteiger partial charge in [0, 0.05) is 6.42 Å². The van der Waals surface area contributed by atoms with Gasteiger partial charge in [-0.2, -0.15) is 0 Å². The zero-order chi connectivity index (χ0) is 7.40. The van der Waals surface area contributed by atoms with Crippen LogP contribution >= 0.6 is 0 Å². The fourth-order valence-electron chi connectivity index (χ4n) is 1.24. The summed E-state index contributed by atoms with van der Waals surface area (Å²) >= 11 is 0. The quantitative estimate of drug-likeness (QED) is 0.547. The van der Waals surface area contributed by atoms with Gasteiger partial charge in [-0.15, -0.1) is 0 Å². The first-order valence-electron chi connectivity index (χ1n) is 3.98. The van der Waals surface area contributed by atoms with Crippen LogP contribution < -0.4 is 0 Å². The van der Waals surface area contributed by atoms with Crippen molar-refractivity contribution in [2.24, 2.45) is 5.92 Å². The summed E-state index contributed by atoms with van der Waals surface area (Å²) in [6, 6.07) is 0. The smallest absolute Gasteiger partial charge is 0.155 e. The summed E-state index contributed by atoms with van der Waals surface area (Å²) in [7, 11) is 0. The van der Waals surface area contributed by atoms with Crippen LogP contribution in [0.2, 0.25) is 0 Å². The van der Waals surface area contributed by atoms with Gasteiger partial charge < -0.3 is 0 Å². The largest absolute Gasteiger partial charge is 0.295 e. The first-order chi connectivity index (χ1) is 4.83. The van der Waals surface area contributed by atoms with Crippen LogP contribution in [0.5, 0.6) is 0 Å². The van der Waals surface area contributed by atoms with Crippen LogP contribution in [0.25, 0.3) is 0 Å². The van der Waals surface area contributed by atoms with Crippen molar-refractivity contribution in [3.8, 4) is 0 Å². The maximum atomic E-state index is 11.0. The lowest BCUT2D eigenvalue weighted by Crippen LogP contribution is -2.14. The van der Waals surface area contributed by atoms with E-state index in [1.54, 1.807) is 6.08 Å². The number of carbonyl (C=O) groups excluding carboxylic acids is 1. The molecule has 0 spiro atoms. The summed E-state index contributed by atoms with van der Waals surface area (Å²) < 4.78 is 0. The van der Waals surface area contributed by atoms with Crippen LogP contribution in [0.3, 0.4) is 0 Å². The van der Waals surface area contributed by atoms with Gasteiger partial charge in [-0.1, -0.05) is 25.3 Å². The molecule has 0 aliphatic heterocycles. The number of hydrogen-bond acceptors (Lipinski definition) is 1. The molecule has 0 aromatic heterocycles. The van der Waals surface area contributed by atoms with Crippen molar-refractivity contribution in [3.63, 3.8) is 0 Å². The summed E-state index contributed by atoms with van der Waals surface area (Å²) in [5.41, 5.74) is 0. The highest BCUT2D eigenvalue weighted by Gasteiger charge is 2.18. The van der Waals surface area contributed by atoms with Gasteiger partial charge in [-0.3, -0.25) is 4.79 Å². The van der Waals surface area contributed by atoms with Gasteiger partial charge >= 0.3 is 0 Å². The summed E-state index contributed by atoms with van der Waals surface area (Å²) in [4.78, 5) is 11.0. The second kappa shape index (κ2) is 3.55. The average Bonchev–Trinajstić information content (AvgIpc) is 1.80. The molecular weight excluding hydrogens is 124 g/mol. The maximum absolute atomic E-state index is 11.0. The molecule has 0 N–H and O–H groups in total. The molecule has 0 radical (unpaired) electrons. The van der Waals surface area contributed by atoms with Gasteiger partial charge in [-0.05, 0) is 18.9 Å². The Bertz CT molecular complexity index is 143. The molecule has 0 unspecified atom stereocenters. The first kappa shape index (κ1) is 7.52. The second-order valence-electron chi connectivity index (χ2n) is 2.97. The zero-order valence-electron chi connectivity index (χ0n) is 6.47. The van der Waals surface area contributed by atoms with Crippen molar-refractivity contribution in [2.75, 3.05) is 0 Å². The monoisotopic (exact) mass is 138 g/mol. The molecule has 0 amide bonds. The van der Waals surface area contributed by atoms with Crippen molar-refractivity contribution in [1.29, 1.82) is 0 Å². The zero-order valence-corrected chi connectivity index (χ0v) is 6.47. The van der Waals surface area contributed by atoms with Gasteiger partial charge in [0.25, 0.3) is 0 Å². The normalized spacial score (nSPS) is 19.3. The average molecular weight is 138 g/mol. The minimum absolute atomic E-state index is 0.298. The molecular formula is C9H14O. The van der Waals surface area contributed by atoms with Crippen LogP contribution in [0.1, 0.15) is 32.6 Å². The van der Waals surface area contributed by atoms with E-state index in [2.05, 4.69) is 0 Å². The molecule has 10 heavy (non-hydrogen) atoms. The van der Waals surface area contributed by atoms with E-state index in [0.717, 1.165) is 6.42 Å². The Morgan fingerprint density at radius 3 is 2.70 bits per heavy atom. The third-order valence-electron chi connectivity index (χ3n) is 2.07. The van der Waals surface area contributed by atoms with Gasteiger partial charge in [0.2, 0.25) is 0 Å². The molecule has 1 saturated carbocycles. The molecule has 0 atom stereocenters. The topological polar surface area (TPSA) is 17.1 Å². The van der Waals surface area contributed by atoms with Gasteiger partial charge in [0.1, 0.15) is 0 Å². The predicted molar refractivity (Wildman–Crippen MR) is 41.8 cm³/mol. The lowest BCUT2D eigenvalue weighted by molar-refractivity contribution is -0.116. The van der Waals surface area contributed by atoms with E-state index in [9.17, 15) is 4.79 Å². The van der Waals surface area contributed by atoms with E-state index < -0.39 is 0 Å². The van der Waals surface area contributed by atoms with Gasteiger partial charge in [0.05, 0.1) is 0 Å². The van der Waals surface area contributed by atoms with Crippen molar-refractivity contribution >= 4 is 5.78 Å². The molecule has 0 heterocycles. The fourth-order valence-corrected chi connectivity index (χ4v) is 1.24. The number of carbonyl (C=O) groups is 1. The molecule has 1 nitrogen and oxygen atoms in total. The highest BCUT2D eigenvalue weighted by atomic mass is 16.1. The van der Waals surface area contributed by atoms with Crippen molar-refractivity contribution < 1.29 is 4.79 Å². The Balaban J connectivity index is 2.17. The Hall–Kier alpha value is -0.590. The van der Waals surface area contributed by atoms with E-state index in [4.69, 9.17) is 0 Å². The summed E-state index contributed by atoms with van der Waals surface area (Å²) in [5, 5.41) is 0. The van der Waals surface area contributed by atoms with Crippen LogP contribution in [0, 0.1) is 5.92 Å². The van der Waals surface area contributed by atoms with E-state index in [1.165, 1.54) is 19.3 Å². The minimum Gasteiger partial charge on any atom is -0.295 e.